The standard InChI is InChI=1S/C14H9BrClF3O/c15-11-4-5-12(16)13(7-11)20-8-9-2-1-3-10(6-9)14(17,18)19/h1-7H,8H2. The Morgan fingerprint density at radius 1 is 1.10 bits per heavy atom. The number of benzene rings is 2. The van der Waals surface area contributed by atoms with Gasteiger partial charge in [-0.2, -0.15) is 13.2 Å². The molecular formula is C14H9BrClF3O. The molecule has 0 saturated carbocycles. The van der Waals surface area contributed by atoms with Gasteiger partial charge in [-0.3, -0.25) is 0 Å². The summed E-state index contributed by atoms with van der Waals surface area (Å²) in [6.45, 7) is 0.0140. The third-order valence-electron chi connectivity index (χ3n) is 2.54. The number of hydrogen-bond acceptors (Lipinski definition) is 1. The largest absolute Gasteiger partial charge is 0.487 e. The molecule has 2 aromatic rings. The first kappa shape index (κ1) is 15.2. The van der Waals surface area contributed by atoms with E-state index in [-0.39, 0.29) is 6.61 Å². The Morgan fingerprint density at radius 3 is 2.55 bits per heavy atom. The molecule has 0 unspecified atom stereocenters. The molecule has 0 amide bonds. The maximum absolute atomic E-state index is 12.6. The van der Waals surface area contributed by atoms with Crippen LogP contribution in [0.3, 0.4) is 0 Å². The highest BCUT2D eigenvalue weighted by Crippen LogP contribution is 2.31. The highest BCUT2D eigenvalue weighted by Gasteiger charge is 2.30. The van der Waals surface area contributed by atoms with Crippen LogP contribution in [0.1, 0.15) is 11.1 Å². The molecule has 0 N–H and O–H groups in total. The van der Waals surface area contributed by atoms with Crippen LogP contribution in [0.2, 0.25) is 5.02 Å². The first-order valence-corrected chi connectivity index (χ1v) is 6.77. The molecule has 20 heavy (non-hydrogen) atoms. The van der Waals surface area contributed by atoms with Crippen molar-refractivity contribution in [3.05, 3.63) is 63.1 Å². The quantitative estimate of drug-likeness (QED) is 0.678. The van der Waals surface area contributed by atoms with Crippen LogP contribution in [0.4, 0.5) is 13.2 Å². The number of alkyl halides is 3. The van der Waals surface area contributed by atoms with Gasteiger partial charge in [0.15, 0.2) is 0 Å². The molecule has 0 heterocycles. The normalized spacial score (nSPS) is 11.4. The predicted octanol–water partition coefficient (Wildman–Crippen LogP) is 5.70. The Kier molecular flexibility index (Phi) is 4.60. The molecule has 2 rings (SSSR count). The molecule has 106 valence electrons. The fraction of sp³-hybridized carbons (Fsp3) is 0.143. The number of rotatable bonds is 3. The van der Waals surface area contributed by atoms with E-state index in [4.69, 9.17) is 16.3 Å². The van der Waals surface area contributed by atoms with E-state index in [0.29, 0.717) is 16.3 Å². The lowest BCUT2D eigenvalue weighted by Gasteiger charge is -2.11. The van der Waals surface area contributed by atoms with Crippen molar-refractivity contribution in [3.8, 4) is 5.75 Å². The minimum Gasteiger partial charge on any atom is -0.487 e. The van der Waals surface area contributed by atoms with Crippen molar-refractivity contribution in [2.45, 2.75) is 12.8 Å². The van der Waals surface area contributed by atoms with Crippen molar-refractivity contribution in [1.82, 2.24) is 0 Å². The molecule has 0 spiro atoms. The Hall–Kier alpha value is -1.20. The van der Waals surface area contributed by atoms with Gasteiger partial charge in [0.05, 0.1) is 10.6 Å². The van der Waals surface area contributed by atoms with E-state index in [1.165, 1.54) is 6.07 Å². The fourth-order valence-electron chi connectivity index (χ4n) is 1.59. The molecule has 0 aliphatic rings. The van der Waals surface area contributed by atoms with E-state index >= 15 is 0 Å². The monoisotopic (exact) mass is 364 g/mol. The van der Waals surface area contributed by atoms with Crippen molar-refractivity contribution in [2.24, 2.45) is 0 Å². The molecule has 6 heteroatoms. The van der Waals surface area contributed by atoms with Gasteiger partial charge < -0.3 is 4.74 Å². The molecule has 0 radical (unpaired) electrons. The van der Waals surface area contributed by atoms with Gasteiger partial charge in [-0.15, -0.1) is 0 Å². The molecule has 0 aliphatic heterocycles. The summed E-state index contributed by atoms with van der Waals surface area (Å²) in [5.74, 6) is 0.415. The van der Waals surface area contributed by atoms with E-state index in [9.17, 15) is 13.2 Å². The number of halogens is 5. The Balaban J connectivity index is 2.13. The maximum atomic E-state index is 12.6. The third-order valence-corrected chi connectivity index (χ3v) is 3.35. The minimum atomic E-state index is -4.36. The molecule has 0 bridgehead atoms. The summed E-state index contributed by atoms with van der Waals surface area (Å²) in [7, 11) is 0. The van der Waals surface area contributed by atoms with Crippen LogP contribution in [-0.4, -0.2) is 0 Å². The van der Waals surface area contributed by atoms with Crippen molar-refractivity contribution >= 4 is 27.5 Å². The summed E-state index contributed by atoms with van der Waals surface area (Å²) in [4.78, 5) is 0. The van der Waals surface area contributed by atoms with Crippen molar-refractivity contribution in [2.75, 3.05) is 0 Å². The average Bonchev–Trinajstić information content (AvgIpc) is 2.39. The van der Waals surface area contributed by atoms with Gasteiger partial charge in [0.25, 0.3) is 0 Å². The van der Waals surface area contributed by atoms with Gasteiger partial charge in [-0.1, -0.05) is 39.7 Å². The van der Waals surface area contributed by atoms with Gasteiger partial charge in [0, 0.05) is 4.47 Å². The number of hydrogen-bond donors (Lipinski definition) is 0. The highest BCUT2D eigenvalue weighted by molar-refractivity contribution is 9.10. The third kappa shape index (κ3) is 3.90. The Bertz CT molecular complexity index is 614. The van der Waals surface area contributed by atoms with Crippen LogP contribution >= 0.6 is 27.5 Å². The number of ether oxygens (including phenoxy) is 1. The second kappa shape index (κ2) is 6.06. The first-order valence-electron chi connectivity index (χ1n) is 5.60. The zero-order valence-electron chi connectivity index (χ0n) is 10.0. The SMILES string of the molecule is FC(F)(F)c1cccc(COc2cc(Br)ccc2Cl)c1. The minimum absolute atomic E-state index is 0.0140. The van der Waals surface area contributed by atoms with Crippen LogP contribution in [0, 0.1) is 0 Å². The Labute approximate surface area is 127 Å². The second-order valence-electron chi connectivity index (χ2n) is 4.06. The Morgan fingerprint density at radius 2 is 1.85 bits per heavy atom. The van der Waals surface area contributed by atoms with Gasteiger partial charge in [0.1, 0.15) is 12.4 Å². The fourth-order valence-corrected chi connectivity index (χ4v) is 2.10. The van der Waals surface area contributed by atoms with Crippen molar-refractivity contribution in [1.29, 1.82) is 0 Å². The van der Waals surface area contributed by atoms with Gasteiger partial charge in [0.2, 0.25) is 0 Å². The zero-order valence-corrected chi connectivity index (χ0v) is 12.4. The van der Waals surface area contributed by atoms with Crippen LogP contribution in [0.25, 0.3) is 0 Å². The molecule has 0 atom stereocenters. The van der Waals surface area contributed by atoms with E-state index < -0.39 is 11.7 Å². The summed E-state index contributed by atoms with van der Waals surface area (Å²) in [5, 5.41) is 0.403. The molecule has 2 aromatic carbocycles. The van der Waals surface area contributed by atoms with Gasteiger partial charge >= 0.3 is 6.18 Å². The molecule has 1 nitrogen and oxygen atoms in total. The van der Waals surface area contributed by atoms with Crippen molar-refractivity contribution < 1.29 is 17.9 Å². The van der Waals surface area contributed by atoms with Crippen LogP contribution in [-0.2, 0) is 12.8 Å². The zero-order chi connectivity index (χ0) is 14.8. The summed E-state index contributed by atoms with van der Waals surface area (Å²) < 4.78 is 44.0. The van der Waals surface area contributed by atoms with Gasteiger partial charge in [-0.05, 0) is 35.9 Å². The summed E-state index contributed by atoms with van der Waals surface area (Å²) in [6, 6.07) is 10.1. The van der Waals surface area contributed by atoms with E-state index in [1.54, 1.807) is 24.3 Å². The van der Waals surface area contributed by atoms with Gasteiger partial charge in [-0.25, -0.2) is 0 Å². The first-order chi connectivity index (χ1) is 9.36. The second-order valence-corrected chi connectivity index (χ2v) is 5.38. The van der Waals surface area contributed by atoms with E-state index in [0.717, 1.165) is 16.6 Å². The molecule has 0 aromatic heterocycles. The lowest BCUT2D eigenvalue weighted by Crippen LogP contribution is -2.06. The summed E-state index contributed by atoms with van der Waals surface area (Å²) >= 11 is 9.21. The molecule has 0 fully saturated rings. The lowest BCUT2D eigenvalue weighted by atomic mass is 10.1. The average molecular weight is 366 g/mol. The smallest absolute Gasteiger partial charge is 0.416 e. The summed E-state index contributed by atoms with van der Waals surface area (Å²) in [5.41, 5.74) is -0.269. The van der Waals surface area contributed by atoms with E-state index in [2.05, 4.69) is 15.9 Å². The lowest BCUT2D eigenvalue weighted by molar-refractivity contribution is -0.137. The summed E-state index contributed by atoms with van der Waals surface area (Å²) in [6.07, 6.45) is -4.36. The molecular weight excluding hydrogens is 357 g/mol. The highest BCUT2D eigenvalue weighted by atomic mass is 79.9. The maximum Gasteiger partial charge on any atom is 0.416 e. The topological polar surface area (TPSA) is 9.23 Å². The van der Waals surface area contributed by atoms with Crippen LogP contribution in [0.5, 0.6) is 5.75 Å². The predicted molar refractivity (Wildman–Crippen MR) is 74.9 cm³/mol. The van der Waals surface area contributed by atoms with E-state index in [1.807, 2.05) is 0 Å². The van der Waals surface area contributed by atoms with Crippen LogP contribution < -0.4 is 4.74 Å². The molecule has 0 aliphatic carbocycles. The van der Waals surface area contributed by atoms with Crippen LogP contribution in [0.15, 0.2) is 46.9 Å². The molecule has 0 saturated heterocycles. The van der Waals surface area contributed by atoms with Crippen molar-refractivity contribution in [3.63, 3.8) is 0 Å².